The van der Waals surface area contributed by atoms with Crippen LogP contribution in [0.3, 0.4) is 0 Å². The SMILES string of the molecule is CCN(C(=O)Cc1c(C)nn(C)c1C)c1ccccc1. The molecule has 0 saturated carbocycles. The van der Waals surface area contributed by atoms with E-state index in [1.54, 1.807) is 0 Å². The van der Waals surface area contributed by atoms with Crippen LogP contribution >= 0.6 is 0 Å². The first-order chi connectivity index (χ1) is 9.54. The summed E-state index contributed by atoms with van der Waals surface area (Å²) in [6, 6.07) is 9.78. The molecular weight excluding hydrogens is 250 g/mol. The van der Waals surface area contributed by atoms with E-state index in [2.05, 4.69) is 5.10 Å². The number of para-hydroxylation sites is 1. The second-order valence-corrected chi connectivity index (χ2v) is 4.92. The number of carbonyl (C=O) groups excluding carboxylic acids is 1. The zero-order chi connectivity index (χ0) is 14.7. The number of nitrogens with zero attached hydrogens (tertiary/aromatic N) is 3. The Kier molecular flexibility index (Phi) is 4.23. The maximum atomic E-state index is 12.5. The van der Waals surface area contributed by atoms with Crippen molar-refractivity contribution in [2.24, 2.45) is 7.05 Å². The summed E-state index contributed by atoms with van der Waals surface area (Å²) in [6.07, 6.45) is 0.397. The number of rotatable bonds is 4. The molecule has 106 valence electrons. The van der Waals surface area contributed by atoms with Crippen LogP contribution in [0.25, 0.3) is 0 Å². The molecular formula is C16H21N3O. The van der Waals surface area contributed by atoms with Gasteiger partial charge in [0.15, 0.2) is 0 Å². The third-order valence-corrected chi connectivity index (χ3v) is 3.67. The lowest BCUT2D eigenvalue weighted by molar-refractivity contribution is -0.117. The highest BCUT2D eigenvalue weighted by Crippen LogP contribution is 2.18. The predicted octanol–water partition coefficient (Wildman–Crippen LogP) is 2.63. The molecule has 0 radical (unpaired) electrons. The number of hydrogen-bond donors (Lipinski definition) is 0. The van der Waals surface area contributed by atoms with Crippen LogP contribution in [0, 0.1) is 13.8 Å². The molecule has 1 aromatic heterocycles. The summed E-state index contributed by atoms with van der Waals surface area (Å²) in [5, 5.41) is 4.37. The van der Waals surface area contributed by atoms with Gasteiger partial charge >= 0.3 is 0 Å². The van der Waals surface area contributed by atoms with Crippen LogP contribution in [0.5, 0.6) is 0 Å². The lowest BCUT2D eigenvalue weighted by atomic mass is 10.1. The van der Waals surface area contributed by atoms with Crippen molar-refractivity contribution in [1.29, 1.82) is 0 Å². The smallest absolute Gasteiger partial charge is 0.231 e. The number of aryl methyl sites for hydroxylation is 2. The standard InChI is InChI=1S/C16H21N3O/c1-5-19(14-9-7-6-8-10-14)16(20)11-15-12(2)17-18(4)13(15)3/h6-10H,5,11H2,1-4H3. The summed E-state index contributed by atoms with van der Waals surface area (Å²) < 4.78 is 1.83. The van der Waals surface area contributed by atoms with Crippen molar-refractivity contribution in [3.63, 3.8) is 0 Å². The summed E-state index contributed by atoms with van der Waals surface area (Å²) >= 11 is 0. The molecule has 0 atom stereocenters. The molecule has 4 nitrogen and oxygen atoms in total. The molecule has 1 amide bonds. The Morgan fingerprint density at radius 1 is 1.25 bits per heavy atom. The summed E-state index contributed by atoms with van der Waals surface area (Å²) in [4.78, 5) is 14.4. The van der Waals surface area contributed by atoms with Crippen molar-refractivity contribution in [2.45, 2.75) is 27.2 Å². The van der Waals surface area contributed by atoms with E-state index in [9.17, 15) is 4.79 Å². The molecule has 2 rings (SSSR count). The van der Waals surface area contributed by atoms with E-state index in [-0.39, 0.29) is 5.91 Å². The predicted molar refractivity (Wildman–Crippen MR) is 80.9 cm³/mol. The van der Waals surface area contributed by atoms with E-state index in [1.165, 1.54) is 0 Å². The Balaban J connectivity index is 2.22. The maximum Gasteiger partial charge on any atom is 0.231 e. The first-order valence-electron chi connectivity index (χ1n) is 6.89. The molecule has 0 unspecified atom stereocenters. The molecule has 0 fully saturated rings. The molecule has 0 aliphatic rings. The summed E-state index contributed by atoms with van der Waals surface area (Å²) in [5.74, 6) is 0.109. The van der Waals surface area contributed by atoms with Crippen LogP contribution in [0.1, 0.15) is 23.9 Å². The Hall–Kier alpha value is -2.10. The second-order valence-electron chi connectivity index (χ2n) is 4.92. The van der Waals surface area contributed by atoms with Crippen LogP contribution in [0.15, 0.2) is 30.3 Å². The van der Waals surface area contributed by atoms with Crippen LogP contribution in [0.4, 0.5) is 5.69 Å². The fourth-order valence-corrected chi connectivity index (χ4v) is 2.43. The Bertz CT molecular complexity index is 602. The van der Waals surface area contributed by atoms with Gasteiger partial charge in [-0.15, -0.1) is 0 Å². The molecule has 0 bridgehead atoms. The van der Waals surface area contributed by atoms with Gasteiger partial charge in [-0.1, -0.05) is 18.2 Å². The Labute approximate surface area is 120 Å². The molecule has 1 heterocycles. The van der Waals surface area contributed by atoms with Gasteiger partial charge in [-0.05, 0) is 32.9 Å². The minimum Gasteiger partial charge on any atom is -0.312 e. The van der Waals surface area contributed by atoms with E-state index in [1.807, 2.05) is 67.7 Å². The highest BCUT2D eigenvalue weighted by atomic mass is 16.2. The molecule has 0 aliphatic heterocycles. The van der Waals surface area contributed by atoms with Crippen molar-refractivity contribution in [3.05, 3.63) is 47.3 Å². The van der Waals surface area contributed by atoms with E-state index in [4.69, 9.17) is 0 Å². The topological polar surface area (TPSA) is 38.1 Å². The van der Waals surface area contributed by atoms with Gasteiger partial charge in [0.05, 0.1) is 12.1 Å². The maximum absolute atomic E-state index is 12.5. The monoisotopic (exact) mass is 271 g/mol. The van der Waals surface area contributed by atoms with E-state index in [0.29, 0.717) is 13.0 Å². The van der Waals surface area contributed by atoms with Crippen LogP contribution < -0.4 is 4.90 Å². The molecule has 0 N–H and O–H groups in total. The highest BCUT2D eigenvalue weighted by molar-refractivity contribution is 5.94. The van der Waals surface area contributed by atoms with E-state index < -0.39 is 0 Å². The molecule has 0 aliphatic carbocycles. The third-order valence-electron chi connectivity index (χ3n) is 3.67. The molecule has 1 aromatic carbocycles. The highest BCUT2D eigenvalue weighted by Gasteiger charge is 2.18. The van der Waals surface area contributed by atoms with Crippen molar-refractivity contribution in [2.75, 3.05) is 11.4 Å². The average Bonchev–Trinajstić information content (AvgIpc) is 2.67. The van der Waals surface area contributed by atoms with Crippen molar-refractivity contribution >= 4 is 11.6 Å². The summed E-state index contributed by atoms with van der Waals surface area (Å²) in [7, 11) is 1.91. The van der Waals surface area contributed by atoms with Crippen molar-refractivity contribution < 1.29 is 4.79 Å². The summed E-state index contributed by atoms with van der Waals surface area (Å²) in [6.45, 7) is 6.62. The Morgan fingerprint density at radius 3 is 2.40 bits per heavy atom. The van der Waals surface area contributed by atoms with Crippen molar-refractivity contribution in [3.8, 4) is 0 Å². The lowest BCUT2D eigenvalue weighted by Gasteiger charge is -2.21. The van der Waals surface area contributed by atoms with Crippen LogP contribution in [-0.2, 0) is 18.3 Å². The molecule has 20 heavy (non-hydrogen) atoms. The quantitative estimate of drug-likeness (QED) is 0.857. The number of carbonyl (C=O) groups is 1. The number of likely N-dealkylation sites (N-methyl/N-ethyl adjacent to an activating group) is 1. The fraction of sp³-hybridized carbons (Fsp3) is 0.375. The number of aromatic nitrogens is 2. The van der Waals surface area contributed by atoms with E-state index in [0.717, 1.165) is 22.6 Å². The molecule has 0 saturated heterocycles. The van der Waals surface area contributed by atoms with Crippen molar-refractivity contribution in [1.82, 2.24) is 9.78 Å². The third kappa shape index (κ3) is 2.74. The van der Waals surface area contributed by atoms with Gasteiger partial charge in [0.1, 0.15) is 0 Å². The Morgan fingerprint density at radius 2 is 1.90 bits per heavy atom. The number of amides is 1. The first-order valence-corrected chi connectivity index (χ1v) is 6.89. The van der Waals surface area contributed by atoms with Gasteiger partial charge in [0, 0.05) is 30.5 Å². The van der Waals surface area contributed by atoms with Gasteiger partial charge in [0.2, 0.25) is 5.91 Å². The minimum absolute atomic E-state index is 0.109. The van der Waals surface area contributed by atoms with Crippen LogP contribution in [0.2, 0.25) is 0 Å². The van der Waals surface area contributed by atoms with Gasteiger partial charge in [0.25, 0.3) is 0 Å². The number of anilines is 1. The number of hydrogen-bond acceptors (Lipinski definition) is 2. The van der Waals surface area contributed by atoms with E-state index >= 15 is 0 Å². The molecule has 0 spiro atoms. The number of benzene rings is 1. The largest absolute Gasteiger partial charge is 0.312 e. The minimum atomic E-state index is 0.109. The summed E-state index contributed by atoms with van der Waals surface area (Å²) in [5.41, 5.74) is 3.97. The van der Waals surface area contributed by atoms with Gasteiger partial charge in [-0.2, -0.15) is 5.10 Å². The second kappa shape index (κ2) is 5.90. The van der Waals surface area contributed by atoms with Gasteiger partial charge in [-0.3, -0.25) is 9.48 Å². The van der Waals surface area contributed by atoms with Crippen LogP contribution in [-0.4, -0.2) is 22.2 Å². The normalized spacial score (nSPS) is 10.6. The average molecular weight is 271 g/mol. The molecule has 2 aromatic rings. The first kappa shape index (κ1) is 14.3. The zero-order valence-corrected chi connectivity index (χ0v) is 12.6. The molecule has 4 heteroatoms. The van der Waals surface area contributed by atoms with Gasteiger partial charge in [-0.25, -0.2) is 0 Å². The lowest BCUT2D eigenvalue weighted by Crippen LogP contribution is -2.32. The fourth-order valence-electron chi connectivity index (χ4n) is 2.43. The zero-order valence-electron chi connectivity index (χ0n) is 12.6. The van der Waals surface area contributed by atoms with Gasteiger partial charge < -0.3 is 4.90 Å².